The Morgan fingerprint density at radius 2 is 1.95 bits per heavy atom. The molecule has 0 amide bonds. The van der Waals surface area contributed by atoms with Gasteiger partial charge in [-0.3, -0.25) is 0 Å². The predicted octanol–water partition coefficient (Wildman–Crippen LogP) is 1.62. The number of ether oxygens (including phenoxy) is 1. The predicted molar refractivity (Wildman–Crippen MR) is 84.1 cm³/mol. The minimum Gasteiger partial charge on any atom is -0.399 e. The Kier molecular flexibility index (Phi) is 2.93. The topological polar surface area (TPSA) is 105 Å². The molecule has 7 heteroatoms. The molecule has 112 valence electrons. The van der Waals surface area contributed by atoms with Crippen LogP contribution >= 0.6 is 0 Å². The van der Waals surface area contributed by atoms with Crippen LogP contribution in [0.2, 0.25) is 0 Å². The van der Waals surface area contributed by atoms with E-state index in [1.807, 2.05) is 28.9 Å². The summed E-state index contributed by atoms with van der Waals surface area (Å²) >= 11 is 0. The van der Waals surface area contributed by atoms with E-state index in [0.717, 1.165) is 35.3 Å². The third-order valence-electron chi connectivity index (χ3n) is 3.95. The van der Waals surface area contributed by atoms with Gasteiger partial charge >= 0.3 is 0 Å². The van der Waals surface area contributed by atoms with E-state index >= 15 is 0 Å². The fourth-order valence-corrected chi connectivity index (χ4v) is 2.81. The first-order valence-electron chi connectivity index (χ1n) is 7.16. The average molecular weight is 296 g/mol. The van der Waals surface area contributed by atoms with Gasteiger partial charge in [0.2, 0.25) is 0 Å². The molecule has 1 aliphatic heterocycles. The highest BCUT2D eigenvalue weighted by molar-refractivity contribution is 5.98. The van der Waals surface area contributed by atoms with Crippen molar-refractivity contribution < 1.29 is 4.74 Å². The van der Waals surface area contributed by atoms with Crippen LogP contribution in [0.1, 0.15) is 12.5 Å². The van der Waals surface area contributed by atoms with Gasteiger partial charge in [-0.2, -0.15) is 5.10 Å². The van der Waals surface area contributed by atoms with Gasteiger partial charge in [-0.25, -0.2) is 14.6 Å². The van der Waals surface area contributed by atoms with Crippen LogP contribution in [0, 0.1) is 0 Å². The fourth-order valence-electron chi connectivity index (χ4n) is 2.81. The number of nitrogens with zero attached hydrogens (tertiary/aromatic N) is 4. The van der Waals surface area contributed by atoms with Crippen molar-refractivity contribution in [2.24, 2.45) is 0 Å². The third-order valence-corrected chi connectivity index (χ3v) is 3.95. The van der Waals surface area contributed by atoms with Crippen molar-refractivity contribution in [3.63, 3.8) is 0 Å². The van der Waals surface area contributed by atoms with E-state index in [-0.39, 0.29) is 6.04 Å². The molecule has 1 aliphatic rings. The second-order valence-electron chi connectivity index (χ2n) is 5.39. The van der Waals surface area contributed by atoms with Crippen LogP contribution < -0.4 is 11.5 Å². The van der Waals surface area contributed by atoms with E-state index in [1.165, 1.54) is 6.33 Å². The van der Waals surface area contributed by atoms with E-state index in [4.69, 9.17) is 21.3 Å². The van der Waals surface area contributed by atoms with Crippen LogP contribution in [0.3, 0.4) is 0 Å². The smallest absolute Gasteiger partial charge is 0.164 e. The molecule has 1 fully saturated rings. The minimum atomic E-state index is 0.180. The lowest BCUT2D eigenvalue weighted by atomic mass is 10.1. The molecule has 22 heavy (non-hydrogen) atoms. The molecule has 2 aromatic heterocycles. The molecule has 4 rings (SSSR count). The van der Waals surface area contributed by atoms with Crippen molar-refractivity contribution >= 4 is 22.5 Å². The summed E-state index contributed by atoms with van der Waals surface area (Å²) in [5.74, 6) is 0.432. The van der Waals surface area contributed by atoms with E-state index in [0.29, 0.717) is 18.1 Å². The van der Waals surface area contributed by atoms with Crippen LogP contribution in [-0.2, 0) is 4.74 Å². The summed E-state index contributed by atoms with van der Waals surface area (Å²) in [5, 5.41) is 5.52. The zero-order valence-electron chi connectivity index (χ0n) is 11.9. The van der Waals surface area contributed by atoms with Crippen LogP contribution in [0.25, 0.3) is 22.3 Å². The number of aromatic nitrogens is 4. The highest BCUT2D eigenvalue weighted by atomic mass is 16.5. The molecule has 1 aromatic carbocycles. The zero-order valence-corrected chi connectivity index (χ0v) is 11.9. The monoisotopic (exact) mass is 296 g/mol. The van der Waals surface area contributed by atoms with E-state index in [9.17, 15) is 0 Å². The van der Waals surface area contributed by atoms with Crippen molar-refractivity contribution in [3.05, 3.63) is 30.6 Å². The second kappa shape index (κ2) is 4.96. The van der Waals surface area contributed by atoms with Gasteiger partial charge in [-0.15, -0.1) is 0 Å². The molecular weight excluding hydrogens is 280 g/mol. The largest absolute Gasteiger partial charge is 0.399 e. The Bertz CT molecular complexity index is 820. The van der Waals surface area contributed by atoms with Gasteiger partial charge in [0.05, 0.1) is 18.0 Å². The van der Waals surface area contributed by atoms with Crippen LogP contribution in [-0.4, -0.2) is 33.0 Å². The van der Waals surface area contributed by atoms with Gasteiger partial charge in [0.1, 0.15) is 17.8 Å². The van der Waals surface area contributed by atoms with Crippen molar-refractivity contribution in [2.45, 2.75) is 12.5 Å². The molecule has 7 nitrogen and oxygen atoms in total. The Morgan fingerprint density at radius 3 is 2.68 bits per heavy atom. The first-order valence-corrected chi connectivity index (χ1v) is 7.16. The molecule has 0 aliphatic carbocycles. The standard InChI is InChI=1S/C15H16N6O/c16-10-3-1-9(2-4-10)13-12-14(17)18-8-19-15(12)21(20-13)11-5-6-22-7-11/h1-4,8,11H,5-7,16H2,(H2,17,18,19). The number of nitrogen functional groups attached to an aromatic ring is 2. The van der Waals surface area contributed by atoms with Crippen LogP contribution in [0.5, 0.6) is 0 Å². The van der Waals surface area contributed by atoms with Gasteiger partial charge in [0, 0.05) is 17.9 Å². The quantitative estimate of drug-likeness (QED) is 0.696. The number of hydrogen-bond acceptors (Lipinski definition) is 6. The lowest BCUT2D eigenvalue weighted by Crippen LogP contribution is -2.11. The third kappa shape index (κ3) is 1.98. The molecule has 3 heterocycles. The Labute approximate surface area is 126 Å². The first-order chi connectivity index (χ1) is 10.7. The van der Waals surface area contributed by atoms with Gasteiger partial charge < -0.3 is 16.2 Å². The Balaban J connectivity index is 1.95. The van der Waals surface area contributed by atoms with E-state index < -0.39 is 0 Å². The second-order valence-corrected chi connectivity index (χ2v) is 5.39. The molecule has 1 atom stereocenters. The molecule has 0 spiro atoms. The maximum atomic E-state index is 6.08. The summed E-state index contributed by atoms with van der Waals surface area (Å²) in [6.07, 6.45) is 2.39. The van der Waals surface area contributed by atoms with Crippen LogP contribution in [0.15, 0.2) is 30.6 Å². The molecule has 4 N–H and O–H groups in total. The summed E-state index contributed by atoms with van der Waals surface area (Å²) in [6.45, 7) is 1.38. The van der Waals surface area contributed by atoms with E-state index in [1.54, 1.807) is 0 Å². The maximum Gasteiger partial charge on any atom is 0.164 e. The lowest BCUT2D eigenvalue weighted by Gasteiger charge is -2.08. The number of fused-ring (bicyclic) bond motifs is 1. The summed E-state index contributed by atoms with van der Waals surface area (Å²) in [5.41, 5.74) is 15.0. The van der Waals surface area contributed by atoms with Crippen molar-refractivity contribution in [1.29, 1.82) is 0 Å². The normalized spacial score (nSPS) is 18.1. The van der Waals surface area contributed by atoms with Crippen molar-refractivity contribution in [3.8, 4) is 11.3 Å². The summed E-state index contributed by atoms with van der Waals surface area (Å²) < 4.78 is 7.38. The van der Waals surface area contributed by atoms with Gasteiger partial charge in [0.15, 0.2) is 5.65 Å². The molecule has 1 unspecified atom stereocenters. The summed E-state index contributed by atoms with van der Waals surface area (Å²) in [6, 6.07) is 7.73. The maximum absolute atomic E-state index is 6.08. The van der Waals surface area contributed by atoms with Gasteiger partial charge in [-0.05, 0) is 18.6 Å². The average Bonchev–Trinajstić information content (AvgIpc) is 3.15. The zero-order chi connectivity index (χ0) is 15.1. The van der Waals surface area contributed by atoms with Crippen LogP contribution in [0.4, 0.5) is 11.5 Å². The lowest BCUT2D eigenvalue weighted by molar-refractivity contribution is 0.185. The Morgan fingerprint density at radius 1 is 1.14 bits per heavy atom. The number of nitrogens with two attached hydrogens (primary N) is 2. The molecule has 1 saturated heterocycles. The molecule has 0 bridgehead atoms. The van der Waals surface area contributed by atoms with Gasteiger partial charge in [0.25, 0.3) is 0 Å². The number of benzene rings is 1. The van der Waals surface area contributed by atoms with E-state index in [2.05, 4.69) is 9.97 Å². The van der Waals surface area contributed by atoms with Crippen molar-refractivity contribution in [2.75, 3.05) is 24.7 Å². The fraction of sp³-hybridized carbons (Fsp3) is 0.267. The van der Waals surface area contributed by atoms with Crippen molar-refractivity contribution in [1.82, 2.24) is 19.7 Å². The highest BCUT2D eigenvalue weighted by Crippen LogP contribution is 2.33. The summed E-state index contributed by atoms with van der Waals surface area (Å²) in [4.78, 5) is 8.49. The summed E-state index contributed by atoms with van der Waals surface area (Å²) in [7, 11) is 0. The van der Waals surface area contributed by atoms with Gasteiger partial charge in [-0.1, -0.05) is 12.1 Å². The minimum absolute atomic E-state index is 0.180. The Hall–Kier alpha value is -2.67. The first kappa shape index (κ1) is 13.0. The number of anilines is 2. The molecule has 3 aromatic rings. The SMILES string of the molecule is Nc1ccc(-c2nn(C3CCOC3)c3ncnc(N)c23)cc1. The molecular formula is C15H16N6O. The highest BCUT2D eigenvalue weighted by Gasteiger charge is 2.24. The number of hydrogen-bond donors (Lipinski definition) is 2. The molecule has 0 saturated carbocycles. The number of rotatable bonds is 2. The molecule has 0 radical (unpaired) electrons.